The van der Waals surface area contributed by atoms with E-state index in [1.165, 1.54) is 0 Å². The number of carbonyl (C=O) groups is 2. The van der Waals surface area contributed by atoms with E-state index in [-0.39, 0.29) is 23.8 Å². The van der Waals surface area contributed by atoms with E-state index in [4.69, 9.17) is 4.74 Å². The molecule has 0 radical (unpaired) electrons. The fourth-order valence-corrected chi connectivity index (χ4v) is 3.35. The summed E-state index contributed by atoms with van der Waals surface area (Å²) in [7, 11) is 0. The number of carbonyl (C=O) groups excluding carboxylic acids is 2. The van der Waals surface area contributed by atoms with Gasteiger partial charge in [0.25, 0.3) is 5.91 Å². The van der Waals surface area contributed by atoms with Crippen molar-refractivity contribution in [2.75, 3.05) is 26.2 Å². The van der Waals surface area contributed by atoms with E-state index >= 15 is 0 Å². The van der Waals surface area contributed by atoms with Gasteiger partial charge in [-0.25, -0.2) is 0 Å². The summed E-state index contributed by atoms with van der Waals surface area (Å²) in [6.45, 7) is 3.52. The van der Waals surface area contributed by atoms with Crippen LogP contribution in [0.1, 0.15) is 41.6 Å². The van der Waals surface area contributed by atoms with Crippen molar-refractivity contribution in [2.24, 2.45) is 5.92 Å². The first kappa shape index (κ1) is 17.9. The molecule has 0 bridgehead atoms. The van der Waals surface area contributed by atoms with E-state index in [1.807, 2.05) is 18.2 Å². The molecule has 25 heavy (non-hydrogen) atoms. The lowest BCUT2D eigenvalue weighted by Crippen LogP contribution is -2.40. The Morgan fingerprint density at radius 3 is 2.88 bits per heavy atom. The highest BCUT2D eigenvalue weighted by molar-refractivity contribution is 5.94. The van der Waals surface area contributed by atoms with Crippen LogP contribution in [0.2, 0.25) is 0 Å². The lowest BCUT2D eigenvalue weighted by atomic mass is 9.99. The number of hydrogen-bond donors (Lipinski definition) is 3. The first-order chi connectivity index (χ1) is 12.2. The van der Waals surface area contributed by atoms with Gasteiger partial charge in [0.05, 0.1) is 12.0 Å². The maximum absolute atomic E-state index is 12.3. The van der Waals surface area contributed by atoms with Gasteiger partial charge in [0.2, 0.25) is 5.91 Å². The molecule has 0 aromatic heterocycles. The fourth-order valence-electron chi connectivity index (χ4n) is 3.35. The Balaban J connectivity index is 1.48. The first-order valence-electron chi connectivity index (χ1n) is 9.19. The molecule has 3 rings (SSSR count). The van der Waals surface area contributed by atoms with E-state index in [0.717, 1.165) is 50.9 Å². The van der Waals surface area contributed by atoms with Crippen LogP contribution >= 0.6 is 0 Å². The smallest absolute Gasteiger partial charge is 0.251 e. The van der Waals surface area contributed by atoms with Gasteiger partial charge in [-0.05, 0) is 49.9 Å². The molecule has 3 N–H and O–H groups in total. The lowest BCUT2D eigenvalue weighted by Gasteiger charge is -2.21. The monoisotopic (exact) mass is 345 g/mol. The summed E-state index contributed by atoms with van der Waals surface area (Å²) >= 11 is 0. The minimum atomic E-state index is -0.0971. The van der Waals surface area contributed by atoms with Crippen molar-refractivity contribution in [3.63, 3.8) is 0 Å². The number of ether oxygens (including phenoxy) is 1. The van der Waals surface area contributed by atoms with E-state index in [0.29, 0.717) is 18.7 Å². The van der Waals surface area contributed by atoms with Crippen molar-refractivity contribution in [1.82, 2.24) is 16.0 Å². The van der Waals surface area contributed by atoms with Crippen molar-refractivity contribution in [2.45, 2.75) is 38.3 Å². The van der Waals surface area contributed by atoms with Gasteiger partial charge in [-0.3, -0.25) is 9.59 Å². The van der Waals surface area contributed by atoms with E-state index in [1.54, 1.807) is 6.07 Å². The zero-order valence-electron chi connectivity index (χ0n) is 14.6. The number of nitrogens with one attached hydrogen (secondary N) is 3. The zero-order valence-corrected chi connectivity index (χ0v) is 14.6. The van der Waals surface area contributed by atoms with Crippen LogP contribution in [0.25, 0.3) is 0 Å². The van der Waals surface area contributed by atoms with Crippen LogP contribution in [-0.2, 0) is 16.1 Å². The highest BCUT2D eigenvalue weighted by atomic mass is 16.5. The van der Waals surface area contributed by atoms with Crippen molar-refractivity contribution < 1.29 is 14.3 Å². The highest BCUT2D eigenvalue weighted by Crippen LogP contribution is 2.12. The van der Waals surface area contributed by atoms with Gasteiger partial charge < -0.3 is 20.7 Å². The van der Waals surface area contributed by atoms with Crippen molar-refractivity contribution in [1.29, 1.82) is 0 Å². The van der Waals surface area contributed by atoms with Gasteiger partial charge in [-0.15, -0.1) is 0 Å². The van der Waals surface area contributed by atoms with E-state index in [2.05, 4.69) is 16.0 Å². The predicted molar refractivity (Wildman–Crippen MR) is 95.2 cm³/mol. The molecule has 2 unspecified atom stereocenters. The summed E-state index contributed by atoms with van der Waals surface area (Å²) < 4.78 is 5.52. The first-order valence-corrected chi connectivity index (χ1v) is 9.19. The molecule has 2 atom stereocenters. The standard InChI is InChI=1S/C19H27N3O3/c23-18(22-13-17-7-3-9-25-17)15-5-1-4-14(10-15)11-21-19(24)16-6-2-8-20-12-16/h1,4-5,10,16-17,20H,2-3,6-9,11-13H2,(H,21,24)(H,22,23). The van der Waals surface area contributed by atoms with Gasteiger partial charge in [0.1, 0.15) is 0 Å². The number of benzene rings is 1. The average molecular weight is 345 g/mol. The van der Waals surface area contributed by atoms with Gasteiger partial charge in [-0.1, -0.05) is 12.1 Å². The van der Waals surface area contributed by atoms with Crippen LogP contribution in [0.4, 0.5) is 0 Å². The maximum atomic E-state index is 12.3. The summed E-state index contributed by atoms with van der Waals surface area (Å²) in [5.74, 6) is 0.0345. The van der Waals surface area contributed by atoms with Crippen molar-refractivity contribution >= 4 is 11.8 Å². The van der Waals surface area contributed by atoms with Gasteiger partial charge in [0.15, 0.2) is 0 Å². The molecule has 0 aliphatic carbocycles. The van der Waals surface area contributed by atoms with Crippen LogP contribution in [0.5, 0.6) is 0 Å². The SMILES string of the molecule is O=C(NCC1CCCO1)c1cccc(CNC(=O)C2CCCNC2)c1. The molecule has 136 valence electrons. The molecule has 2 aliphatic heterocycles. The van der Waals surface area contributed by atoms with Crippen LogP contribution in [0.15, 0.2) is 24.3 Å². The molecular weight excluding hydrogens is 318 g/mol. The van der Waals surface area contributed by atoms with Gasteiger partial charge in [-0.2, -0.15) is 0 Å². The summed E-state index contributed by atoms with van der Waals surface area (Å²) in [4.78, 5) is 24.5. The quantitative estimate of drug-likeness (QED) is 0.724. The third kappa shape index (κ3) is 5.28. The molecule has 2 fully saturated rings. The minimum absolute atomic E-state index is 0.0478. The molecular formula is C19H27N3O3. The Bertz CT molecular complexity index is 593. The topological polar surface area (TPSA) is 79.5 Å². The normalized spacial score (nSPS) is 23.2. The number of amides is 2. The summed E-state index contributed by atoms with van der Waals surface area (Å²) in [6, 6.07) is 7.41. The Labute approximate surface area is 148 Å². The summed E-state index contributed by atoms with van der Waals surface area (Å²) in [5, 5.41) is 9.16. The lowest BCUT2D eigenvalue weighted by molar-refractivity contribution is -0.125. The molecule has 2 amide bonds. The molecule has 1 aromatic carbocycles. The largest absolute Gasteiger partial charge is 0.376 e. The second-order valence-corrected chi connectivity index (χ2v) is 6.81. The fraction of sp³-hybridized carbons (Fsp3) is 0.579. The Kier molecular flexibility index (Phi) is 6.42. The molecule has 1 aromatic rings. The maximum Gasteiger partial charge on any atom is 0.251 e. The molecule has 6 heteroatoms. The predicted octanol–water partition coefficient (Wildman–Crippen LogP) is 1.21. The Hall–Kier alpha value is -1.92. The van der Waals surface area contributed by atoms with Crippen LogP contribution < -0.4 is 16.0 Å². The molecule has 2 saturated heterocycles. The third-order valence-electron chi connectivity index (χ3n) is 4.84. The number of hydrogen-bond acceptors (Lipinski definition) is 4. The molecule has 0 spiro atoms. The third-order valence-corrected chi connectivity index (χ3v) is 4.84. The Morgan fingerprint density at radius 2 is 2.12 bits per heavy atom. The molecule has 2 aliphatic rings. The van der Waals surface area contributed by atoms with Gasteiger partial charge >= 0.3 is 0 Å². The highest BCUT2D eigenvalue weighted by Gasteiger charge is 2.20. The summed E-state index contributed by atoms with van der Waals surface area (Å²) in [5.41, 5.74) is 1.55. The van der Waals surface area contributed by atoms with Crippen LogP contribution in [0, 0.1) is 5.92 Å². The Morgan fingerprint density at radius 1 is 1.20 bits per heavy atom. The molecule has 6 nitrogen and oxygen atoms in total. The number of rotatable bonds is 6. The second kappa shape index (κ2) is 8.97. The van der Waals surface area contributed by atoms with Crippen LogP contribution in [0.3, 0.4) is 0 Å². The number of piperidine rings is 1. The van der Waals surface area contributed by atoms with E-state index < -0.39 is 0 Å². The molecule has 2 heterocycles. The van der Waals surface area contributed by atoms with Gasteiger partial charge in [0, 0.05) is 31.8 Å². The summed E-state index contributed by atoms with van der Waals surface area (Å²) in [6.07, 6.45) is 4.17. The minimum Gasteiger partial charge on any atom is -0.376 e. The van der Waals surface area contributed by atoms with Crippen molar-refractivity contribution in [3.8, 4) is 0 Å². The van der Waals surface area contributed by atoms with Crippen LogP contribution in [-0.4, -0.2) is 44.2 Å². The van der Waals surface area contributed by atoms with E-state index in [9.17, 15) is 9.59 Å². The second-order valence-electron chi connectivity index (χ2n) is 6.81. The van der Waals surface area contributed by atoms with Crippen molar-refractivity contribution in [3.05, 3.63) is 35.4 Å². The molecule has 0 saturated carbocycles. The zero-order chi connectivity index (χ0) is 17.5. The average Bonchev–Trinajstić information content (AvgIpc) is 3.19.